The maximum absolute atomic E-state index is 15.1. The highest BCUT2D eigenvalue weighted by atomic mass is 19.4. The molecule has 2 atom stereocenters. The quantitative estimate of drug-likeness (QED) is 0.376. The number of halogens is 6. The summed E-state index contributed by atoms with van der Waals surface area (Å²) in [4.78, 5) is 40.6. The number of methoxy groups -OCH3 is 1. The molecule has 0 unspecified atom stereocenters. The van der Waals surface area contributed by atoms with Crippen molar-refractivity contribution in [2.45, 2.75) is 37.7 Å². The van der Waals surface area contributed by atoms with Gasteiger partial charge in [-0.15, -0.1) is 0 Å². The highest BCUT2D eigenvalue weighted by Gasteiger charge is 2.44. The number of rotatable bonds is 9. The van der Waals surface area contributed by atoms with Gasteiger partial charge in [0.15, 0.2) is 0 Å². The number of aryl methyl sites for hydroxylation is 1. The SMILES string of the molecule is COc1ccc([C@@H]2CN(c3cccn(CCC(F)(F)F)c3=O)C(=O)[C@H]2NC(=O)c2ccc(OC(F)F)cc2)c(F)c1. The number of hydrogen-bond donors (Lipinski definition) is 1. The number of aromatic nitrogens is 1. The molecule has 0 saturated carbocycles. The number of ether oxygens (including phenoxy) is 2. The molecule has 41 heavy (non-hydrogen) atoms. The highest BCUT2D eigenvalue weighted by molar-refractivity contribution is 6.05. The van der Waals surface area contributed by atoms with E-state index < -0.39 is 60.9 Å². The lowest BCUT2D eigenvalue weighted by Gasteiger charge is -2.19. The van der Waals surface area contributed by atoms with Gasteiger partial charge in [-0.3, -0.25) is 14.4 Å². The molecule has 1 saturated heterocycles. The van der Waals surface area contributed by atoms with Crippen molar-refractivity contribution < 1.29 is 45.4 Å². The van der Waals surface area contributed by atoms with E-state index in [1.54, 1.807) is 0 Å². The van der Waals surface area contributed by atoms with Crippen molar-refractivity contribution in [3.63, 3.8) is 0 Å². The number of carbonyl (C=O) groups excluding carboxylic acids is 2. The number of amides is 2. The van der Waals surface area contributed by atoms with Crippen LogP contribution in [0.25, 0.3) is 0 Å². The molecule has 0 aliphatic carbocycles. The summed E-state index contributed by atoms with van der Waals surface area (Å²) in [6.45, 7) is -4.04. The van der Waals surface area contributed by atoms with Crippen LogP contribution in [0, 0.1) is 5.82 Å². The van der Waals surface area contributed by atoms with Crippen LogP contribution >= 0.6 is 0 Å². The lowest BCUT2D eigenvalue weighted by molar-refractivity contribution is -0.136. The van der Waals surface area contributed by atoms with Crippen LogP contribution in [0.1, 0.15) is 28.3 Å². The fourth-order valence-electron chi connectivity index (χ4n) is 4.49. The van der Waals surface area contributed by atoms with Gasteiger partial charge in [-0.05, 0) is 48.0 Å². The second-order valence-electron chi connectivity index (χ2n) is 9.05. The third-order valence-electron chi connectivity index (χ3n) is 6.48. The molecule has 1 aliphatic heterocycles. The van der Waals surface area contributed by atoms with Gasteiger partial charge in [0.25, 0.3) is 11.5 Å². The average molecular weight is 583 g/mol. The van der Waals surface area contributed by atoms with Gasteiger partial charge in [-0.2, -0.15) is 22.0 Å². The maximum atomic E-state index is 15.1. The molecular weight excluding hydrogens is 560 g/mol. The van der Waals surface area contributed by atoms with Crippen molar-refractivity contribution in [1.82, 2.24) is 9.88 Å². The van der Waals surface area contributed by atoms with Crippen LogP contribution < -0.4 is 25.2 Å². The molecule has 14 heteroatoms. The smallest absolute Gasteiger partial charge is 0.390 e. The van der Waals surface area contributed by atoms with Gasteiger partial charge in [0, 0.05) is 36.8 Å². The van der Waals surface area contributed by atoms with E-state index in [-0.39, 0.29) is 34.9 Å². The monoisotopic (exact) mass is 583 g/mol. The molecule has 3 aromatic rings. The lowest BCUT2D eigenvalue weighted by atomic mass is 9.93. The normalized spacial score (nSPS) is 17.2. The zero-order valence-electron chi connectivity index (χ0n) is 21.3. The summed E-state index contributed by atoms with van der Waals surface area (Å²) in [5.41, 5.74) is -1.13. The molecule has 218 valence electrons. The highest BCUT2D eigenvalue weighted by Crippen LogP contribution is 2.34. The van der Waals surface area contributed by atoms with Crippen molar-refractivity contribution in [3.05, 3.63) is 88.1 Å². The average Bonchev–Trinajstić information content (AvgIpc) is 3.22. The molecule has 2 amide bonds. The van der Waals surface area contributed by atoms with Crippen molar-refractivity contribution >= 4 is 17.5 Å². The first-order valence-corrected chi connectivity index (χ1v) is 12.1. The van der Waals surface area contributed by atoms with Crippen molar-refractivity contribution in [2.75, 3.05) is 18.6 Å². The topological polar surface area (TPSA) is 89.9 Å². The Bertz CT molecular complexity index is 1480. The van der Waals surface area contributed by atoms with Crippen LogP contribution in [-0.4, -0.2) is 48.9 Å². The van der Waals surface area contributed by atoms with Crippen LogP contribution in [0.5, 0.6) is 11.5 Å². The van der Waals surface area contributed by atoms with Crippen LogP contribution in [0.15, 0.2) is 65.6 Å². The molecule has 2 aromatic carbocycles. The van der Waals surface area contributed by atoms with Gasteiger partial charge in [0.2, 0.25) is 5.91 Å². The van der Waals surface area contributed by atoms with Crippen molar-refractivity contribution in [2.24, 2.45) is 0 Å². The number of hydrogen-bond acceptors (Lipinski definition) is 5. The predicted molar refractivity (Wildman–Crippen MR) is 134 cm³/mol. The number of nitrogens with one attached hydrogen (secondary N) is 1. The predicted octanol–water partition coefficient (Wildman–Crippen LogP) is 4.48. The first kappa shape index (κ1) is 29.5. The van der Waals surface area contributed by atoms with E-state index in [9.17, 15) is 36.3 Å². The molecule has 1 fully saturated rings. The largest absolute Gasteiger partial charge is 0.497 e. The Hall–Kier alpha value is -4.49. The van der Waals surface area contributed by atoms with E-state index in [1.165, 1.54) is 43.5 Å². The summed E-state index contributed by atoms with van der Waals surface area (Å²) in [5, 5.41) is 2.51. The van der Waals surface area contributed by atoms with Gasteiger partial charge in [-0.1, -0.05) is 6.07 Å². The fraction of sp³-hybridized carbons (Fsp3) is 0.296. The Morgan fingerprint density at radius 1 is 1.07 bits per heavy atom. The Morgan fingerprint density at radius 2 is 1.76 bits per heavy atom. The zero-order chi connectivity index (χ0) is 29.9. The van der Waals surface area contributed by atoms with Gasteiger partial charge in [0.05, 0.1) is 13.5 Å². The van der Waals surface area contributed by atoms with Crippen LogP contribution in [-0.2, 0) is 11.3 Å². The number of nitrogens with zero attached hydrogens (tertiary/aromatic N) is 2. The number of alkyl halides is 5. The molecule has 1 N–H and O–H groups in total. The molecule has 1 aromatic heterocycles. The molecule has 0 spiro atoms. The summed E-state index contributed by atoms with van der Waals surface area (Å²) in [6, 6.07) is 9.65. The van der Waals surface area contributed by atoms with Gasteiger partial charge in [0.1, 0.15) is 29.0 Å². The van der Waals surface area contributed by atoms with E-state index in [4.69, 9.17) is 4.74 Å². The molecule has 2 heterocycles. The molecule has 0 radical (unpaired) electrons. The van der Waals surface area contributed by atoms with Gasteiger partial charge in [-0.25, -0.2) is 4.39 Å². The van der Waals surface area contributed by atoms with E-state index in [0.29, 0.717) is 0 Å². The van der Waals surface area contributed by atoms with Crippen LogP contribution in [0.3, 0.4) is 0 Å². The van der Waals surface area contributed by atoms with Crippen molar-refractivity contribution in [1.29, 1.82) is 0 Å². The second kappa shape index (κ2) is 11.9. The third kappa shape index (κ3) is 6.81. The fourth-order valence-corrected chi connectivity index (χ4v) is 4.49. The van der Waals surface area contributed by atoms with Gasteiger partial charge < -0.3 is 24.3 Å². The van der Waals surface area contributed by atoms with E-state index in [0.717, 1.165) is 33.9 Å². The van der Waals surface area contributed by atoms with Gasteiger partial charge >= 0.3 is 12.8 Å². The van der Waals surface area contributed by atoms with E-state index in [1.807, 2.05) is 0 Å². The molecular formula is C27H23F6N3O5. The third-order valence-corrected chi connectivity index (χ3v) is 6.48. The zero-order valence-corrected chi connectivity index (χ0v) is 21.3. The summed E-state index contributed by atoms with van der Waals surface area (Å²) < 4.78 is 88.3. The Kier molecular flexibility index (Phi) is 8.59. The summed E-state index contributed by atoms with van der Waals surface area (Å²) in [7, 11) is 1.33. The Morgan fingerprint density at radius 3 is 2.37 bits per heavy atom. The van der Waals surface area contributed by atoms with Crippen LogP contribution in [0.2, 0.25) is 0 Å². The molecule has 8 nitrogen and oxygen atoms in total. The minimum Gasteiger partial charge on any atom is -0.497 e. The minimum absolute atomic E-state index is 0.0148. The second-order valence-corrected chi connectivity index (χ2v) is 9.05. The maximum Gasteiger partial charge on any atom is 0.390 e. The molecule has 1 aliphatic rings. The lowest BCUT2D eigenvalue weighted by Crippen LogP contribution is -2.44. The number of carbonyl (C=O) groups is 2. The van der Waals surface area contributed by atoms with Crippen molar-refractivity contribution in [3.8, 4) is 11.5 Å². The molecule has 4 rings (SSSR count). The number of benzene rings is 2. The Balaban J connectivity index is 1.67. The Labute approximate surface area is 229 Å². The number of anilines is 1. The molecule has 0 bridgehead atoms. The minimum atomic E-state index is -4.52. The summed E-state index contributed by atoms with van der Waals surface area (Å²) in [6.07, 6.45) is -4.64. The summed E-state index contributed by atoms with van der Waals surface area (Å²) >= 11 is 0. The number of pyridine rings is 1. The summed E-state index contributed by atoms with van der Waals surface area (Å²) in [5.74, 6) is -3.40. The standard InChI is InChI=1S/C27H23F6N3O5/c1-40-17-8-9-18(20(28)13-17)19-14-36(21-3-2-11-35(24(21)38)12-10-27(31,32)33)25(39)22(19)34-23(37)15-4-6-16(7-5-15)41-26(29)30/h2-9,11,13,19,22,26H,10,12,14H2,1H3,(H,34,37)/t19-,22-/m0/s1. The van der Waals surface area contributed by atoms with E-state index >= 15 is 4.39 Å². The van der Waals surface area contributed by atoms with Crippen LogP contribution in [0.4, 0.5) is 32.0 Å². The first-order valence-electron chi connectivity index (χ1n) is 12.1. The first-order chi connectivity index (χ1) is 19.4. The van der Waals surface area contributed by atoms with E-state index in [2.05, 4.69) is 10.1 Å².